The number of hydrogen-bond acceptors (Lipinski definition) is 8. The van der Waals surface area contributed by atoms with Crippen LogP contribution in [0, 0.1) is 23.1 Å². The Bertz CT molecular complexity index is 1740. The average molecular weight is 646 g/mol. The number of nitrogens with one attached hydrogen (secondary N) is 1. The van der Waals surface area contributed by atoms with Crippen molar-refractivity contribution in [3.05, 3.63) is 70.2 Å². The fraction of sp³-hybridized carbons (Fsp3) is 0.457. The zero-order valence-corrected chi connectivity index (χ0v) is 27.2. The molecular weight excluding hydrogens is 605 g/mol. The molecule has 3 aromatic heterocycles. The highest BCUT2D eigenvalue weighted by Gasteiger charge is 2.30. The molecule has 1 saturated heterocycles. The summed E-state index contributed by atoms with van der Waals surface area (Å²) >= 11 is 1.31. The van der Waals surface area contributed by atoms with Gasteiger partial charge in [0.15, 0.2) is 10.8 Å². The summed E-state index contributed by atoms with van der Waals surface area (Å²) in [7, 11) is 0. The molecule has 2 aliphatic rings. The number of aliphatic carboxylic acids is 1. The molecule has 46 heavy (non-hydrogen) atoms. The molecule has 0 spiro atoms. The summed E-state index contributed by atoms with van der Waals surface area (Å²) in [5.41, 5.74) is 5.44. The van der Waals surface area contributed by atoms with Crippen molar-refractivity contribution < 1.29 is 24.2 Å². The summed E-state index contributed by atoms with van der Waals surface area (Å²) in [5, 5.41) is 22.4. The number of aromatic hydroxyl groups is 1. The minimum absolute atomic E-state index is 0.219. The molecule has 11 heteroatoms. The number of fused-ring (bicyclic) bond motifs is 2. The van der Waals surface area contributed by atoms with Gasteiger partial charge >= 0.3 is 5.97 Å². The maximum Gasteiger partial charge on any atom is 0.306 e. The van der Waals surface area contributed by atoms with Crippen molar-refractivity contribution in [2.75, 3.05) is 19.6 Å². The predicted octanol–water partition coefficient (Wildman–Crippen LogP) is 6.41. The highest BCUT2D eigenvalue weighted by molar-refractivity contribution is 7.19. The molecule has 1 amide bonds. The molecule has 0 radical (unpaired) electrons. The van der Waals surface area contributed by atoms with E-state index in [1.54, 1.807) is 0 Å². The summed E-state index contributed by atoms with van der Waals surface area (Å²) in [4.78, 5) is 41.5. The summed E-state index contributed by atoms with van der Waals surface area (Å²) in [6.45, 7) is 8.93. The quantitative estimate of drug-likeness (QED) is 0.201. The smallest absolute Gasteiger partial charge is 0.306 e. The van der Waals surface area contributed by atoms with E-state index >= 15 is 0 Å². The first-order valence-corrected chi connectivity index (χ1v) is 16.8. The maximum atomic E-state index is 13.9. The molecule has 1 aliphatic carbocycles. The number of likely N-dealkylation sites (tertiary alicyclic amines) is 1. The van der Waals surface area contributed by atoms with Gasteiger partial charge in [-0.3, -0.25) is 9.59 Å². The topological polar surface area (TPSA) is 129 Å². The third-order valence-corrected chi connectivity index (χ3v) is 10.6. The maximum absolute atomic E-state index is 13.9. The number of carboxylic acids is 1. The van der Waals surface area contributed by atoms with E-state index in [0.717, 1.165) is 46.4 Å². The first-order valence-electron chi connectivity index (χ1n) is 15.9. The van der Waals surface area contributed by atoms with Gasteiger partial charge < -0.3 is 20.4 Å². The minimum atomic E-state index is -0.793. The van der Waals surface area contributed by atoms with Crippen LogP contribution < -0.4 is 5.32 Å². The van der Waals surface area contributed by atoms with E-state index < -0.39 is 17.7 Å². The standard InChI is InChI=1S/C35H40FN5O4S/c1-35(2,3)25-8-9-27-23(16-25)18-29-32(39-27)46-33(40-29)31(43)38-28(12-15-41-13-10-22(11-14-41)34(44)45)21-6-4-20(5-7-21)24-17-26(36)30(42)37-19-24/h4-7,17-19,22,25,28H,8-16H2,1-3H3,(H,37,42)(H,38,43)(H,44,45)/t25-,28?/m0/s1. The third-order valence-electron chi connectivity index (χ3n) is 9.61. The number of carbonyl (C=O) groups is 2. The van der Waals surface area contributed by atoms with Crippen LogP contribution in [0.25, 0.3) is 21.5 Å². The van der Waals surface area contributed by atoms with Crippen LogP contribution in [0.4, 0.5) is 4.39 Å². The normalized spacial score (nSPS) is 18.3. The Labute approximate surface area is 271 Å². The molecule has 2 atom stereocenters. The molecule has 0 bridgehead atoms. The first kappa shape index (κ1) is 32.0. The number of aromatic nitrogens is 3. The molecule has 6 rings (SSSR count). The molecule has 1 aromatic carbocycles. The molecule has 1 unspecified atom stereocenters. The number of halogens is 1. The average Bonchev–Trinajstić information content (AvgIpc) is 3.46. The minimum Gasteiger partial charge on any atom is -0.491 e. The molecule has 0 saturated carbocycles. The number of nitrogens with zero attached hydrogens (tertiary/aromatic N) is 4. The zero-order valence-electron chi connectivity index (χ0n) is 26.4. The Hall–Kier alpha value is -3.96. The summed E-state index contributed by atoms with van der Waals surface area (Å²) in [5.74, 6) is -2.18. The van der Waals surface area contributed by atoms with Crippen molar-refractivity contribution in [1.29, 1.82) is 0 Å². The van der Waals surface area contributed by atoms with Crippen LogP contribution in [-0.2, 0) is 17.6 Å². The Morgan fingerprint density at radius 2 is 1.83 bits per heavy atom. The highest BCUT2D eigenvalue weighted by atomic mass is 32.1. The largest absolute Gasteiger partial charge is 0.491 e. The Morgan fingerprint density at radius 1 is 1.09 bits per heavy atom. The van der Waals surface area contributed by atoms with Gasteiger partial charge in [0, 0.05) is 24.0 Å². The van der Waals surface area contributed by atoms with Crippen LogP contribution in [-0.4, -0.2) is 61.6 Å². The zero-order chi connectivity index (χ0) is 32.6. The van der Waals surface area contributed by atoms with Crippen molar-refractivity contribution in [1.82, 2.24) is 25.2 Å². The number of carboxylic acid groups (broad SMARTS) is 1. The third kappa shape index (κ3) is 7.05. The SMILES string of the molecule is CC(C)(C)[C@H]1CCc2nc3sc(C(=O)NC(CCN4CCC(C(=O)O)CC4)c4ccc(-c5cnc(O)c(F)c5)cc4)nc3cc2C1. The van der Waals surface area contributed by atoms with Crippen molar-refractivity contribution in [3.8, 4) is 17.0 Å². The van der Waals surface area contributed by atoms with E-state index in [1.807, 2.05) is 24.3 Å². The van der Waals surface area contributed by atoms with Crippen LogP contribution in [0.1, 0.15) is 79.1 Å². The Balaban J connectivity index is 1.21. The van der Waals surface area contributed by atoms with Gasteiger partial charge in [0.25, 0.3) is 5.91 Å². The van der Waals surface area contributed by atoms with Crippen LogP contribution in [0.2, 0.25) is 0 Å². The van der Waals surface area contributed by atoms with Gasteiger partial charge in [-0.25, -0.2) is 19.3 Å². The van der Waals surface area contributed by atoms with Crippen LogP contribution in [0.3, 0.4) is 0 Å². The summed E-state index contributed by atoms with van der Waals surface area (Å²) in [6.07, 6.45) is 6.25. The number of aryl methyl sites for hydroxylation is 1. The lowest BCUT2D eigenvalue weighted by molar-refractivity contribution is -0.143. The van der Waals surface area contributed by atoms with Gasteiger partial charge in [0.2, 0.25) is 5.88 Å². The van der Waals surface area contributed by atoms with Gasteiger partial charge in [-0.05, 0) is 91.8 Å². The lowest BCUT2D eigenvalue weighted by Crippen LogP contribution is -2.38. The second-order valence-corrected chi connectivity index (χ2v) is 14.6. The number of pyridine rings is 2. The van der Waals surface area contributed by atoms with E-state index in [-0.39, 0.29) is 23.3 Å². The van der Waals surface area contributed by atoms with E-state index in [4.69, 9.17) is 9.97 Å². The van der Waals surface area contributed by atoms with Gasteiger partial charge in [-0.15, -0.1) is 0 Å². The van der Waals surface area contributed by atoms with Crippen molar-refractivity contribution >= 4 is 33.6 Å². The van der Waals surface area contributed by atoms with Gasteiger partial charge in [0.05, 0.1) is 12.0 Å². The number of piperidine rings is 1. The molecule has 4 aromatic rings. The fourth-order valence-electron chi connectivity index (χ4n) is 6.60. The molecule has 1 aliphatic heterocycles. The van der Waals surface area contributed by atoms with Gasteiger partial charge in [-0.1, -0.05) is 56.4 Å². The predicted molar refractivity (Wildman–Crippen MR) is 175 cm³/mol. The Kier molecular flexibility index (Phi) is 9.07. The second kappa shape index (κ2) is 13.0. The Morgan fingerprint density at radius 3 is 2.50 bits per heavy atom. The van der Waals surface area contributed by atoms with Gasteiger partial charge in [-0.2, -0.15) is 0 Å². The molecule has 3 N–H and O–H groups in total. The second-order valence-electron chi connectivity index (χ2n) is 13.7. The number of amides is 1. The molecule has 242 valence electrons. The van der Waals surface area contributed by atoms with Gasteiger partial charge in [0.1, 0.15) is 10.3 Å². The van der Waals surface area contributed by atoms with Crippen LogP contribution in [0.15, 0.2) is 42.6 Å². The first-order chi connectivity index (χ1) is 21.9. The summed E-state index contributed by atoms with van der Waals surface area (Å²) < 4.78 is 13.9. The van der Waals surface area contributed by atoms with Crippen molar-refractivity contribution in [2.24, 2.45) is 17.3 Å². The van der Waals surface area contributed by atoms with E-state index in [0.29, 0.717) is 55.4 Å². The number of rotatable bonds is 8. The van der Waals surface area contributed by atoms with E-state index in [9.17, 15) is 24.2 Å². The highest BCUT2D eigenvalue weighted by Crippen LogP contribution is 2.38. The van der Waals surface area contributed by atoms with E-state index in [2.05, 4.69) is 42.0 Å². The number of thiazole rings is 1. The number of carbonyl (C=O) groups excluding carboxylic acids is 1. The van der Waals surface area contributed by atoms with Crippen LogP contribution in [0.5, 0.6) is 5.88 Å². The van der Waals surface area contributed by atoms with Crippen molar-refractivity contribution in [3.63, 3.8) is 0 Å². The monoisotopic (exact) mass is 645 g/mol. The van der Waals surface area contributed by atoms with Crippen LogP contribution >= 0.6 is 11.3 Å². The molecular formula is C35H40FN5O4S. The molecule has 9 nitrogen and oxygen atoms in total. The molecule has 4 heterocycles. The van der Waals surface area contributed by atoms with E-state index in [1.165, 1.54) is 29.2 Å². The lowest BCUT2D eigenvalue weighted by atomic mass is 9.71. The molecule has 1 fully saturated rings. The fourth-order valence-corrected chi connectivity index (χ4v) is 7.45. The summed E-state index contributed by atoms with van der Waals surface area (Å²) in [6, 6.07) is 10.5. The number of hydrogen-bond donors (Lipinski definition) is 3. The number of benzene rings is 1. The lowest BCUT2D eigenvalue weighted by Gasteiger charge is -2.34. The van der Waals surface area contributed by atoms with Crippen molar-refractivity contribution in [2.45, 2.75) is 65.3 Å².